The highest BCUT2D eigenvalue weighted by atomic mass is 16.5. The van der Waals surface area contributed by atoms with Gasteiger partial charge in [-0.15, -0.1) is 0 Å². The summed E-state index contributed by atoms with van der Waals surface area (Å²) in [5.41, 5.74) is 5.61. The lowest BCUT2D eigenvalue weighted by Crippen LogP contribution is -2.36. The molecule has 0 aliphatic carbocycles. The third-order valence-electron chi connectivity index (χ3n) is 2.20. The average molecular weight is 143 g/mol. The smallest absolute Gasteiger partial charge is 0.0626 e. The molecule has 1 unspecified atom stereocenters. The van der Waals surface area contributed by atoms with Gasteiger partial charge in [0.05, 0.1) is 12.2 Å². The Morgan fingerprint density at radius 3 is 2.70 bits per heavy atom. The van der Waals surface area contributed by atoms with Gasteiger partial charge in [0.1, 0.15) is 0 Å². The van der Waals surface area contributed by atoms with E-state index in [1.165, 1.54) is 6.42 Å². The van der Waals surface area contributed by atoms with Crippen molar-refractivity contribution in [3.05, 3.63) is 0 Å². The Hall–Kier alpha value is -0.0800. The van der Waals surface area contributed by atoms with Crippen LogP contribution in [0.2, 0.25) is 0 Å². The molecule has 0 spiro atoms. The van der Waals surface area contributed by atoms with Crippen LogP contribution in [0.25, 0.3) is 0 Å². The molecule has 0 aromatic heterocycles. The first kappa shape index (κ1) is 8.02. The van der Waals surface area contributed by atoms with Gasteiger partial charge in [0, 0.05) is 0 Å². The fraction of sp³-hybridized carbons (Fsp3) is 1.00. The lowest BCUT2D eigenvalue weighted by molar-refractivity contribution is -0.0744. The van der Waals surface area contributed by atoms with E-state index in [9.17, 15) is 0 Å². The highest BCUT2D eigenvalue weighted by Crippen LogP contribution is 2.26. The number of hydrogen-bond donors (Lipinski definition) is 1. The molecule has 0 saturated carbocycles. The van der Waals surface area contributed by atoms with Gasteiger partial charge in [-0.1, -0.05) is 0 Å². The highest BCUT2D eigenvalue weighted by Gasteiger charge is 2.26. The number of rotatable bonds is 1. The normalized spacial score (nSPS) is 32.1. The second kappa shape index (κ2) is 2.89. The molecular formula is C8H17NO. The molecule has 1 saturated heterocycles. The first-order valence-corrected chi connectivity index (χ1v) is 3.98. The van der Waals surface area contributed by atoms with Crippen LogP contribution < -0.4 is 5.73 Å². The van der Waals surface area contributed by atoms with Gasteiger partial charge in [-0.3, -0.25) is 0 Å². The Morgan fingerprint density at radius 2 is 2.30 bits per heavy atom. The molecule has 0 amide bonds. The topological polar surface area (TPSA) is 35.2 Å². The summed E-state index contributed by atoms with van der Waals surface area (Å²) in [7, 11) is 0. The molecule has 1 fully saturated rings. The van der Waals surface area contributed by atoms with Gasteiger partial charge in [-0.05, 0) is 39.2 Å². The Balaban J connectivity index is 2.31. The number of ether oxygens (including phenoxy) is 1. The van der Waals surface area contributed by atoms with Crippen LogP contribution in [0.3, 0.4) is 0 Å². The summed E-state index contributed by atoms with van der Waals surface area (Å²) in [5.74, 6) is 0.605. The lowest BCUT2D eigenvalue weighted by atomic mass is 9.92. The van der Waals surface area contributed by atoms with E-state index in [1.54, 1.807) is 0 Å². The molecule has 1 aliphatic rings. The van der Waals surface area contributed by atoms with Crippen molar-refractivity contribution in [3.63, 3.8) is 0 Å². The van der Waals surface area contributed by atoms with E-state index >= 15 is 0 Å². The maximum Gasteiger partial charge on any atom is 0.0626 e. The lowest BCUT2D eigenvalue weighted by Gasteiger charge is -2.34. The molecule has 1 aliphatic heterocycles. The minimum Gasteiger partial charge on any atom is -0.375 e. The molecule has 0 radical (unpaired) electrons. The van der Waals surface area contributed by atoms with Crippen LogP contribution >= 0.6 is 0 Å². The van der Waals surface area contributed by atoms with Crippen molar-refractivity contribution in [2.24, 2.45) is 11.7 Å². The minimum absolute atomic E-state index is 0.103. The average Bonchev–Trinajstić information content (AvgIpc) is 1.88. The van der Waals surface area contributed by atoms with Crippen molar-refractivity contribution in [1.82, 2.24) is 0 Å². The Morgan fingerprint density at radius 1 is 1.60 bits per heavy atom. The van der Waals surface area contributed by atoms with Crippen molar-refractivity contribution in [1.29, 1.82) is 0 Å². The third kappa shape index (κ3) is 1.96. The second-order valence-electron chi connectivity index (χ2n) is 3.71. The molecule has 1 heterocycles. The van der Waals surface area contributed by atoms with Crippen LogP contribution in [0, 0.1) is 5.92 Å². The summed E-state index contributed by atoms with van der Waals surface area (Å²) < 4.78 is 5.59. The van der Waals surface area contributed by atoms with Crippen molar-refractivity contribution in [3.8, 4) is 0 Å². The van der Waals surface area contributed by atoms with Gasteiger partial charge in [0.2, 0.25) is 0 Å². The summed E-state index contributed by atoms with van der Waals surface area (Å²) in [4.78, 5) is 0. The van der Waals surface area contributed by atoms with E-state index in [0.29, 0.717) is 5.92 Å². The molecular weight excluding hydrogens is 126 g/mol. The minimum atomic E-state index is 0.103. The maximum absolute atomic E-state index is 5.59. The molecule has 1 atom stereocenters. The van der Waals surface area contributed by atoms with Crippen LogP contribution in [0.15, 0.2) is 0 Å². The predicted octanol–water partition coefficient (Wildman–Crippen LogP) is 1.15. The molecule has 2 N–H and O–H groups in total. The zero-order valence-corrected chi connectivity index (χ0v) is 6.89. The maximum atomic E-state index is 5.59. The van der Waals surface area contributed by atoms with Crippen molar-refractivity contribution >= 4 is 0 Å². The molecule has 0 bridgehead atoms. The molecule has 0 aromatic rings. The summed E-state index contributed by atoms with van der Waals surface area (Å²) in [6.45, 7) is 5.90. The van der Waals surface area contributed by atoms with E-state index in [0.717, 1.165) is 19.6 Å². The summed E-state index contributed by atoms with van der Waals surface area (Å²) >= 11 is 0. The standard InChI is InChI=1S/C8H17NO/c1-8(2)4-3-7(5-9)6-10-8/h7H,3-6,9H2,1-2H3. The SMILES string of the molecule is CC1(C)CCC(CN)CO1. The molecule has 2 heteroatoms. The van der Waals surface area contributed by atoms with Gasteiger partial charge < -0.3 is 10.5 Å². The van der Waals surface area contributed by atoms with Gasteiger partial charge in [-0.25, -0.2) is 0 Å². The number of hydrogen-bond acceptors (Lipinski definition) is 2. The van der Waals surface area contributed by atoms with E-state index in [4.69, 9.17) is 10.5 Å². The quantitative estimate of drug-likeness (QED) is 0.597. The second-order valence-corrected chi connectivity index (χ2v) is 3.71. The monoisotopic (exact) mass is 143 g/mol. The Labute approximate surface area is 62.7 Å². The van der Waals surface area contributed by atoms with E-state index < -0.39 is 0 Å². The van der Waals surface area contributed by atoms with Crippen molar-refractivity contribution < 1.29 is 4.74 Å². The van der Waals surface area contributed by atoms with Crippen molar-refractivity contribution in [2.75, 3.05) is 13.2 Å². The fourth-order valence-corrected chi connectivity index (χ4v) is 1.24. The van der Waals surface area contributed by atoms with Gasteiger partial charge in [-0.2, -0.15) is 0 Å². The van der Waals surface area contributed by atoms with E-state index in [2.05, 4.69) is 13.8 Å². The van der Waals surface area contributed by atoms with Crippen LogP contribution in [0.4, 0.5) is 0 Å². The molecule has 10 heavy (non-hydrogen) atoms. The molecule has 0 aromatic carbocycles. The highest BCUT2D eigenvalue weighted by molar-refractivity contribution is 4.77. The van der Waals surface area contributed by atoms with Crippen LogP contribution in [0.1, 0.15) is 26.7 Å². The summed E-state index contributed by atoms with van der Waals surface area (Å²) in [6, 6.07) is 0. The largest absolute Gasteiger partial charge is 0.375 e. The van der Waals surface area contributed by atoms with Crippen LogP contribution in [-0.2, 0) is 4.74 Å². The summed E-state index contributed by atoms with van der Waals surface area (Å²) in [5, 5.41) is 0. The third-order valence-corrected chi connectivity index (χ3v) is 2.20. The number of nitrogens with two attached hydrogens (primary N) is 1. The zero-order valence-electron chi connectivity index (χ0n) is 6.89. The first-order valence-electron chi connectivity index (χ1n) is 3.98. The van der Waals surface area contributed by atoms with Crippen LogP contribution in [-0.4, -0.2) is 18.8 Å². The van der Waals surface area contributed by atoms with E-state index in [1.807, 2.05) is 0 Å². The van der Waals surface area contributed by atoms with Crippen LogP contribution in [0.5, 0.6) is 0 Å². The Kier molecular flexibility index (Phi) is 2.32. The zero-order chi connectivity index (χ0) is 7.61. The summed E-state index contributed by atoms with van der Waals surface area (Å²) in [6.07, 6.45) is 2.37. The fourth-order valence-electron chi connectivity index (χ4n) is 1.24. The molecule has 2 nitrogen and oxygen atoms in total. The molecule has 60 valence electrons. The van der Waals surface area contributed by atoms with Gasteiger partial charge in [0.15, 0.2) is 0 Å². The predicted molar refractivity (Wildman–Crippen MR) is 41.8 cm³/mol. The van der Waals surface area contributed by atoms with E-state index in [-0.39, 0.29) is 5.60 Å². The van der Waals surface area contributed by atoms with Gasteiger partial charge in [0.25, 0.3) is 0 Å². The molecule has 1 rings (SSSR count). The first-order chi connectivity index (χ1) is 4.64. The van der Waals surface area contributed by atoms with Crippen molar-refractivity contribution in [2.45, 2.75) is 32.3 Å². The Bertz CT molecular complexity index is 102. The van der Waals surface area contributed by atoms with Gasteiger partial charge >= 0.3 is 0 Å².